The standard InChI is InChI=1S/C7H6F3NO/c8-5-3-11-7(10)4(1-2-12)6(5)9/h3,12H,1-2H2. The maximum absolute atomic E-state index is 12.7. The Morgan fingerprint density at radius 3 is 2.58 bits per heavy atom. The van der Waals surface area contributed by atoms with Crippen LogP contribution in [0.5, 0.6) is 0 Å². The molecular weight excluding hydrogens is 171 g/mol. The van der Waals surface area contributed by atoms with E-state index in [2.05, 4.69) is 4.98 Å². The molecule has 0 aliphatic heterocycles. The minimum absolute atomic E-state index is 0.275. The molecule has 2 nitrogen and oxygen atoms in total. The Morgan fingerprint density at radius 2 is 2.00 bits per heavy atom. The van der Waals surface area contributed by atoms with Gasteiger partial charge in [-0.3, -0.25) is 0 Å². The molecule has 0 saturated carbocycles. The highest BCUT2D eigenvalue weighted by Crippen LogP contribution is 2.13. The topological polar surface area (TPSA) is 33.1 Å². The molecule has 0 aliphatic rings. The monoisotopic (exact) mass is 177 g/mol. The van der Waals surface area contributed by atoms with Crippen molar-refractivity contribution in [2.45, 2.75) is 6.42 Å². The highest BCUT2D eigenvalue weighted by molar-refractivity contribution is 5.15. The lowest BCUT2D eigenvalue weighted by molar-refractivity contribution is 0.293. The molecule has 66 valence electrons. The Bertz CT molecular complexity index is 290. The van der Waals surface area contributed by atoms with E-state index in [0.717, 1.165) is 0 Å². The molecule has 0 unspecified atom stereocenters. The molecule has 0 spiro atoms. The number of aliphatic hydroxyl groups is 1. The highest BCUT2D eigenvalue weighted by Gasteiger charge is 2.13. The van der Waals surface area contributed by atoms with Crippen LogP contribution in [0.25, 0.3) is 0 Å². The fraction of sp³-hybridized carbons (Fsp3) is 0.286. The molecule has 1 aromatic rings. The van der Waals surface area contributed by atoms with Crippen LogP contribution in [0.4, 0.5) is 13.2 Å². The summed E-state index contributed by atoms with van der Waals surface area (Å²) in [5, 5.41) is 8.38. The molecule has 12 heavy (non-hydrogen) atoms. The molecule has 1 rings (SSSR count). The minimum atomic E-state index is -1.28. The molecule has 0 fully saturated rings. The average molecular weight is 177 g/mol. The van der Waals surface area contributed by atoms with Crippen molar-refractivity contribution in [3.8, 4) is 0 Å². The van der Waals surface area contributed by atoms with Gasteiger partial charge in [0.15, 0.2) is 11.6 Å². The Balaban J connectivity index is 3.14. The summed E-state index contributed by atoms with van der Waals surface area (Å²) in [6.45, 7) is -0.445. The summed E-state index contributed by atoms with van der Waals surface area (Å²) < 4.78 is 37.7. The van der Waals surface area contributed by atoms with Crippen LogP contribution >= 0.6 is 0 Å². The number of rotatable bonds is 2. The zero-order valence-corrected chi connectivity index (χ0v) is 6.02. The van der Waals surface area contributed by atoms with Crippen LogP contribution in [0.3, 0.4) is 0 Å². The fourth-order valence-electron chi connectivity index (χ4n) is 0.807. The first-order chi connectivity index (χ1) is 5.66. The number of aromatic nitrogens is 1. The van der Waals surface area contributed by atoms with Crippen LogP contribution < -0.4 is 0 Å². The van der Waals surface area contributed by atoms with E-state index in [1.807, 2.05) is 0 Å². The SMILES string of the molecule is OCCc1c(F)ncc(F)c1F. The van der Waals surface area contributed by atoms with Gasteiger partial charge in [-0.15, -0.1) is 0 Å². The third-order valence-corrected chi connectivity index (χ3v) is 1.38. The van der Waals surface area contributed by atoms with Crippen LogP contribution in [0.1, 0.15) is 5.56 Å². The van der Waals surface area contributed by atoms with Crippen LogP contribution in [0.15, 0.2) is 6.20 Å². The van der Waals surface area contributed by atoms with E-state index in [9.17, 15) is 13.2 Å². The van der Waals surface area contributed by atoms with Gasteiger partial charge in [0.1, 0.15) is 0 Å². The number of hydrogen-bond donors (Lipinski definition) is 1. The van der Waals surface area contributed by atoms with Crippen molar-refractivity contribution in [2.24, 2.45) is 0 Å². The lowest BCUT2D eigenvalue weighted by Gasteiger charge is -2.01. The highest BCUT2D eigenvalue weighted by atomic mass is 19.2. The molecule has 0 aliphatic carbocycles. The number of nitrogens with zero attached hydrogens (tertiary/aromatic N) is 1. The second-order valence-electron chi connectivity index (χ2n) is 2.16. The van der Waals surface area contributed by atoms with E-state index in [-0.39, 0.29) is 6.42 Å². The Hall–Kier alpha value is -1.10. The third-order valence-electron chi connectivity index (χ3n) is 1.38. The summed E-state index contributed by atoms with van der Waals surface area (Å²) in [7, 11) is 0. The predicted octanol–water partition coefficient (Wildman–Crippen LogP) is 1.03. The maximum atomic E-state index is 12.7. The van der Waals surface area contributed by atoms with Crippen LogP contribution in [0.2, 0.25) is 0 Å². The summed E-state index contributed by atoms with van der Waals surface area (Å²) in [4.78, 5) is 2.97. The summed E-state index contributed by atoms with van der Waals surface area (Å²) in [5.74, 6) is -3.57. The molecule has 1 aromatic heterocycles. The molecule has 0 bridgehead atoms. The van der Waals surface area contributed by atoms with Crippen molar-refractivity contribution in [1.29, 1.82) is 0 Å². The smallest absolute Gasteiger partial charge is 0.219 e. The third kappa shape index (κ3) is 1.55. The Kier molecular flexibility index (Phi) is 2.65. The van der Waals surface area contributed by atoms with E-state index in [1.165, 1.54) is 0 Å². The number of aliphatic hydroxyl groups excluding tert-OH is 1. The Labute approximate surface area is 66.7 Å². The summed E-state index contributed by atoms with van der Waals surface area (Å²) >= 11 is 0. The van der Waals surface area contributed by atoms with Crippen molar-refractivity contribution in [3.05, 3.63) is 29.3 Å². The molecule has 1 N–H and O–H groups in total. The zero-order valence-electron chi connectivity index (χ0n) is 6.02. The van der Waals surface area contributed by atoms with Crippen LogP contribution in [0, 0.1) is 17.6 Å². The molecule has 0 saturated heterocycles. The van der Waals surface area contributed by atoms with Gasteiger partial charge in [-0.2, -0.15) is 4.39 Å². The van der Waals surface area contributed by atoms with Crippen LogP contribution in [-0.4, -0.2) is 16.7 Å². The lowest BCUT2D eigenvalue weighted by atomic mass is 10.2. The Morgan fingerprint density at radius 1 is 1.33 bits per heavy atom. The first-order valence-electron chi connectivity index (χ1n) is 3.26. The first kappa shape index (κ1) is 8.99. The molecule has 0 atom stereocenters. The number of pyridine rings is 1. The van der Waals surface area contributed by atoms with Gasteiger partial charge in [-0.05, 0) is 0 Å². The minimum Gasteiger partial charge on any atom is -0.396 e. The van der Waals surface area contributed by atoms with E-state index in [4.69, 9.17) is 5.11 Å². The largest absolute Gasteiger partial charge is 0.396 e. The lowest BCUT2D eigenvalue weighted by Crippen LogP contribution is -2.03. The predicted molar refractivity (Wildman–Crippen MR) is 34.9 cm³/mol. The van der Waals surface area contributed by atoms with Gasteiger partial charge in [0, 0.05) is 18.6 Å². The summed E-state index contributed by atoms with van der Waals surface area (Å²) in [6.07, 6.45) is 0.188. The molecule has 0 amide bonds. The molecule has 5 heteroatoms. The van der Waals surface area contributed by atoms with Crippen molar-refractivity contribution < 1.29 is 18.3 Å². The van der Waals surface area contributed by atoms with E-state index in [1.54, 1.807) is 0 Å². The first-order valence-corrected chi connectivity index (χ1v) is 3.26. The molecule has 0 radical (unpaired) electrons. The average Bonchev–Trinajstić information content (AvgIpc) is 2.06. The van der Waals surface area contributed by atoms with Gasteiger partial charge in [0.25, 0.3) is 0 Å². The van der Waals surface area contributed by atoms with Gasteiger partial charge in [0.05, 0.1) is 6.20 Å². The van der Waals surface area contributed by atoms with Gasteiger partial charge in [-0.25, -0.2) is 13.8 Å². The van der Waals surface area contributed by atoms with Crippen molar-refractivity contribution in [3.63, 3.8) is 0 Å². The molecule has 0 aromatic carbocycles. The van der Waals surface area contributed by atoms with Gasteiger partial charge in [0.2, 0.25) is 5.95 Å². The van der Waals surface area contributed by atoms with Gasteiger partial charge in [-0.1, -0.05) is 0 Å². The fourth-order valence-corrected chi connectivity index (χ4v) is 0.807. The quantitative estimate of drug-likeness (QED) is 0.684. The van der Waals surface area contributed by atoms with Crippen molar-refractivity contribution >= 4 is 0 Å². The van der Waals surface area contributed by atoms with Gasteiger partial charge < -0.3 is 5.11 Å². The van der Waals surface area contributed by atoms with Crippen LogP contribution in [-0.2, 0) is 6.42 Å². The second-order valence-corrected chi connectivity index (χ2v) is 2.16. The normalized spacial score (nSPS) is 10.3. The van der Waals surface area contributed by atoms with Crippen molar-refractivity contribution in [2.75, 3.05) is 6.61 Å². The van der Waals surface area contributed by atoms with Gasteiger partial charge >= 0.3 is 0 Å². The molecular formula is C7H6F3NO. The second kappa shape index (κ2) is 3.53. The maximum Gasteiger partial charge on any atom is 0.219 e. The van der Waals surface area contributed by atoms with E-state index in [0.29, 0.717) is 6.20 Å². The van der Waals surface area contributed by atoms with E-state index >= 15 is 0 Å². The zero-order chi connectivity index (χ0) is 9.14. The van der Waals surface area contributed by atoms with Crippen molar-refractivity contribution in [1.82, 2.24) is 4.98 Å². The number of halogens is 3. The van der Waals surface area contributed by atoms with E-state index < -0.39 is 29.8 Å². The number of hydrogen-bond acceptors (Lipinski definition) is 2. The summed E-state index contributed by atoms with van der Waals surface area (Å²) in [6, 6.07) is 0. The summed E-state index contributed by atoms with van der Waals surface area (Å²) in [5.41, 5.74) is -0.516. The molecule has 1 heterocycles.